The van der Waals surface area contributed by atoms with Crippen molar-refractivity contribution in [1.82, 2.24) is 20.9 Å². The predicted octanol–water partition coefficient (Wildman–Crippen LogP) is -1.47. The molecule has 6 heteroatoms. The van der Waals surface area contributed by atoms with Gasteiger partial charge in [-0.3, -0.25) is 14.5 Å². The predicted molar refractivity (Wildman–Crippen MR) is 65.6 cm³/mol. The number of carbonyl (C=O) groups excluding carboxylic acids is 2. The Morgan fingerprint density at radius 2 is 2.06 bits per heavy atom. The second kappa shape index (κ2) is 7.24. The van der Waals surface area contributed by atoms with E-state index in [2.05, 4.69) is 27.8 Å². The molecule has 0 aliphatic carbocycles. The third kappa shape index (κ3) is 6.23. The monoisotopic (exact) mass is 242 g/mol. The fourth-order valence-corrected chi connectivity index (χ4v) is 1.86. The summed E-state index contributed by atoms with van der Waals surface area (Å²) < 4.78 is 0. The van der Waals surface area contributed by atoms with Crippen molar-refractivity contribution in [2.45, 2.75) is 19.9 Å². The number of piperazine rings is 1. The van der Waals surface area contributed by atoms with E-state index in [-0.39, 0.29) is 11.8 Å². The van der Waals surface area contributed by atoms with Gasteiger partial charge in [-0.25, -0.2) is 0 Å². The van der Waals surface area contributed by atoms with Crippen molar-refractivity contribution in [3.05, 3.63) is 0 Å². The molecule has 1 rings (SSSR count). The minimum Gasteiger partial charge on any atom is -0.355 e. The van der Waals surface area contributed by atoms with Crippen LogP contribution in [0.15, 0.2) is 0 Å². The molecule has 17 heavy (non-hydrogen) atoms. The largest absolute Gasteiger partial charge is 0.355 e. The quantitative estimate of drug-likeness (QED) is 0.515. The number of carbonyl (C=O) groups is 2. The molecule has 0 bridgehead atoms. The van der Waals surface area contributed by atoms with Crippen molar-refractivity contribution in [1.29, 1.82) is 0 Å². The Balaban J connectivity index is 2.09. The SMILES string of the molecule is CC(=O)NCCNC(=O)CN1CCNC(C)C1. The average Bonchev–Trinajstić information content (AvgIpc) is 2.24. The third-order valence-electron chi connectivity index (χ3n) is 2.64. The maximum Gasteiger partial charge on any atom is 0.234 e. The van der Waals surface area contributed by atoms with E-state index < -0.39 is 0 Å². The molecule has 1 atom stereocenters. The van der Waals surface area contributed by atoms with Crippen molar-refractivity contribution in [3.8, 4) is 0 Å². The Morgan fingerprint density at radius 3 is 2.71 bits per heavy atom. The second-order valence-electron chi connectivity index (χ2n) is 4.42. The van der Waals surface area contributed by atoms with Crippen LogP contribution in [0.3, 0.4) is 0 Å². The van der Waals surface area contributed by atoms with Crippen LogP contribution in [0.1, 0.15) is 13.8 Å². The summed E-state index contributed by atoms with van der Waals surface area (Å²) in [5.74, 6) is -0.0559. The van der Waals surface area contributed by atoms with E-state index in [1.807, 2.05) is 0 Å². The standard InChI is InChI=1S/C11H22N4O2/c1-9-7-15(6-5-12-9)8-11(17)14-4-3-13-10(2)16/h9,12H,3-8H2,1-2H3,(H,13,16)(H,14,17). The molecule has 6 nitrogen and oxygen atoms in total. The lowest BCUT2D eigenvalue weighted by Crippen LogP contribution is -2.52. The molecule has 2 amide bonds. The zero-order valence-corrected chi connectivity index (χ0v) is 10.6. The van der Waals surface area contributed by atoms with Crippen molar-refractivity contribution < 1.29 is 9.59 Å². The first-order valence-corrected chi connectivity index (χ1v) is 6.05. The van der Waals surface area contributed by atoms with Gasteiger partial charge in [-0.2, -0.15) is 0 Å². The van der Waals surface area contributed by atoms with E-state index >= 15 is 0 Å². The van der Waals surface area contributed by atoms with Gasteiger partial charge < -0.3 is 16.0 Å². The Kier molecular flexibility index (Phi) is 5.93. The van der Waals surface area contributed by atoms with Gasteiger partial charge in [0.15, 0.2) is 0 Å². The summed E-state index contributed by atoms with van der Waals surface area (Å²) in [4.78, 5) is 24.3. The average molecular weight is 242 g/mol. The van der Waals surface area contributed by atoms with E-state index in [4.69, 9.17) is 0 Å². The zero-order valence-electron chi connectivity index (χ0n) is 10.6. The van der Waals surface area contributed by atoms with Crippen LogP contribution in [0.2, 0.25) is 0 Å². The van der Waals surface area contributed by atoms with Gasteiger partial charge >= 0.3 is 0 Å². The molecule has 0 aromatic rings. The van der Waals surface area contributed by atoms with Gasteiger partial charge in [0.05, 0.1) is 6.54 Å². The van der Waals surface area contributed by atoms with Crippen LogP contribution in [0.25, 0.3) is 0 Å². The first kappa shape index (κ1) is 13.9. The van der Waals surface area contributed by atoms with Crippen LogP contribution >= 0.6 is 0 Å². The second-order valence-corrected chi connectivity index (χ2v) is 4.42. The van der Waals surface area contributed by atoms with E-state index in [1.165, 1.54) is 6.92 Å². The number of nitrogens with one attached hydrogen (secondary N) is 3. The van der Waals surface area contributed by atoms with Crippen LogP contribution in [0, 0.1) is 0 Å². The van der Waals surface area contributed by atoms with Crippen LogP contribution in [0.4, 0.5) is 0 Å². The molecule has 1 fully saturated rings. The topological polar surface area (TPSA) is 73.5 Å². The fourth-order valence-electron chi connectivity index (χ4n) is 1.86. The molecule has 3 N–H and O–H groups in total. The molecular weight excluding hydrogens is 220 g/mol. The molecule has 1 aliphatic rings. The minimum atomic E-state index is -0.0739. The number of nitrogens with zero attached hydrogens (tertiary/aromatic N) is 1. The van der Waals surface area contributed by atoms with Crippen molar-refractivity contribution in [2.75, 3.05) is 39.3 Å². The fraction of sp³-hybridized carbons (Fsp3) is 0.818. The number of amides is 2. The van der Waals surface area contributed by atoms with Crippen molar-refractivity contribution in [3.63, 3.8) is 0 Å². The highest BCUT2D eigenvalue weighted by molar-refractivity contribution is 5.78. The summed E-state index contributed by atoms with van der Waals surface area (Å²) in [5, 5.41) is 8.75. The van der Waals surface area contributed by atoms with Crippen LogP contribution < -0.4 is 16.0 Å². The lowest BCUT2D eigenvalue weighted by atomic mass is 10.2. The zero-order chi connectivity index (χ0) is 12.7. The first-order chi connectivity index (χ1) is 8.08. The maximum absolute atomic E-state index is 11.6. The highest BCUT2D eigenvalue weighted by Gasteiger charge is 2.17. The van der Waals surface area contributed by atoms with Gasteiger partial charge in [0, 0.05) is 45.7 Å². The Morgan fingerprint density at radius 1 is 1.35 bits per heavy atom. The number of hydrogen-bond donors (Lipinski definition) is 3. The molecule has 1 unspecified atom stereocenters. The lowest BCUT2D eigenvalue weighted by Gasteiger charge is -2.31. The van der Waals surface area contributed by atoms with Gasteiger partial charge in [0.2, 0.25) is 11.8 Å². The molecule has 0 aromatic heterocycles. The summed E-state index contributed by atoms with van der Waals surface area (Å²) in [7, 11) is 0. The summed E-state index contributed by atoms with van der Waals surface area (Å²) in [6, 6.07) is 0.441. The van der Waals surface area contributed by atoms with Crippen molar-refractivity contribution >= 4 is 11.8 Å². The summed E-state index contributed by atoms with van der Waals surface area (Å²) in [5.41, 5.74) is 0. The number of rotatable bonds is 5. The van der Waals surface area contributed by atoms with Gasteiger partial charge in [-0.15, -0.1) is 0 Å². The van der Waals surface area contributed by atoms with E-state index in [9.17, 15) is 9.59 Å². The van der Waals surface area contributed by atoms with Crippen LogP contribution in [0.5, 0.6) is 0 Å². The summed E-state index contributed by atoms with van der Waals surface area (Å²) in [6.45, 7) is 7.72. The summed E-state index contributed by atoms with van der Waals surface area (Å²) >= 11 is 0. The molecule has 0 aromatic carbocycles. The Bertz CT molecular complexity index is 270. The number of hydrogen-bond acceptors (Lipinski definition) is 4. The molecule has 1 heterocycles. The minimum absolute atomic E-state index is 0.0180. The van der Waals surface area contributed by atoms with Gasteiger partial charge in [-0.1, -0.05) is 0 Å². The highest BCUT2D eigenvalue weighted by Crippen LogP contribution is 1.97. The van der Waals surface area contributed by atoms with Gasteiger partial charge in [0.25, 0.3) is 0 Å². The molecule has 0 radical (unpaired) electrons. The van der Waals surface area contributed by atoms with Crippen LogP contribution in [-0.4, -0.2) is 62.0 Å². The summed E-state index contributed by atoms with van der Waals surface area (Å²) in [6.07, 6.45) is 0. The highest BCUT2D eigenvalue weighted by atomic mass is 16.2. The molecule has 98 valence electrons. The smallest absolute Gasteiger partial charge is 0.234 e. The normalized spacial score (nSPS) is 20.9. The molecular formula is C11H22N4O2. The van der Waals surface area contributed by atoms with Crippen LogP contribution in [-0.2, 0) is 9.59 Å². The van der Waals surface area contributed by atoms with E-state index in [0.717, 1.165) is 19.6 Å². The van der Waals surface area contributed by atoms with Gasteiger partial charge in [0.1, 0.15) is 0 Å². The molecule has 0 saturated carbocycles. The van der Waals surface area contributed by atoms with E-state index in [0.29, 0.717) is 25.7 Å². The molecule has 1 saturated heterocycles. The Labute approximate surface area is 102 Å². The maximum atomic E-state index is 11.6. The molecule has 0 spiro atoms. The first-order valence-electron chi connectivity index (χ1n) is 6.05. The third-order valence-corrected chi connectivity index (χ3v) is 2.64. The Hall–Kier alpha value is -1.14. The molecule has 1 aliphatic heterocycles. The van der Waals surface area contributed by atoms with Gasteiger partial charge in [-0.05, 0) is 6.92 Å². The lowest BCUT2D eigenvalue weighted by molar-refractivity contribution is -0.123. The van der Waals surface area contributed by atoms with Crippen molar-refractivity contribution in [2.24, 2.45) is 0 Å². The van der Waals surface area contributed by atoms with E-state index in [1.54, 1.807) is 0 Å².